The smallest absolute Gasteiger partial charge is 0.310 e. The minimum atomic E-state index is -0.732. The van der Waals surface area contributed by atoms with Crippen molar-refractivity contribution in [1.82, 2.24) is 0 Å². The summed E-state index contributed by atoms with van der Waals surface area (Å²) in [5, 5.41) is 30.3. The first-order chi connectivity index (χ1) is 12.4. The highest BCUT2D eigenvalue weighted by Gasteiger charge is 2.49. The van der Waals surface area contributed by atoms with Gasteiger partial charge in [0, 0.05) is 5.92 Å². The minimum Gasteiger partial charge on any atom is -0.481 e. The summed E-state index contributed by atoms with van der Waals surface area (Å²) in [4.78, 5) is 11.7. The van der Waals surface area contributed by atoms with Crippen molar-refractivity contribution < 1.29 is 20.1 Å². The second-order valence-corrected chi connectivity index (χ2v) is 8.20. The van der Waals surface area contributed by atoms with Crippen molar-refractivity contribution in [2.75, 3.05) is 0 Å². The van der Waals surface area contributed by atoms with Crippen LogP contribution in [0.1, 0.15) is 65.7 Å². The van der Waals surface area contributed by atoms with Crippen LogP contribution in [0.3, 0.4) is 0 Å². The van der Waals surface area contributed by atoms with Crippen LogP contribution in [0.4, 0.5) is 0 Å². The molecule has 0 saturated heterocycles. The van der Waals surface area contributed by atoms with Crippen LogP contribution in [0, 0.1) is 29.6 Å². The number of hydrogen-bond donors (Lipinski definition) is 3. The van der Waals surface area contributed by atoms with Crippen LogP contribution in [0.25, 0.3) is 0 Å². The summed E-state index contributed by atoms with van der Waals surface area (Å²) in [6, 6.07) is 0. The second-order valence-electron chi connectivity index (χ2n) is 8.20. The lowest BCUT2D eigenvalue weighted by Gasteiger charge is -2.27. The van der Waals surface area contributed by atoms with Gasteiger partial charge in [0.15, 0.2) is 0 Å². The van der Waals surface area contributed by atoms with Gasteiger partial charge in [-0.25, -0.2) is 0 Å². The zero-order valence-corrected chi connectivity index (χ0v) is 16.5. The number of hydrogen-bond acceptors (Lipinski definition) is 3. The first kappa shape index (κ1) is 21.2. The topological polar surface area (TPSA) is 77.8 Å². The van der Waals surface area contributed by atoms with Crippen LogP contribution in [0.5, 0.6) is 0 Å². The van der Waals surface area contributed by atoms with Gasteiger partial charge in [0.05, 0.1) is 18.1 Å². The summed E-state index contributed by atoms with van der Waals surface area (Å²) < 4.78 is 0. The van der Waals surface area contributed by atoms with E-state index in [-0.39, 0.29) is 23.7 Å². The first-order valence-electron chi connectivity index (χ1n) is 10.4. The standard InChI is InChI=1S/C22H36O4/c1-4-6-7-9-16(23)10-11-18-20(24)13-15-12-19(14(3)21(15)18)17(8-5-2)22(25)26/h10-12,14-18,20-21,23-24H,4-9,13H2,1-3H3,(H,25,26). The monoisotopic (exact) mass is 364 g/mol. The molecule has 2 aliphatic rings. The fourth-order valence-electron chi connectivity index (χ4n) is 5.01. The Morgan fingerprint density at radius 1 is 1.27 bits per heavy atom. The molecular weight excluding hydrogens is 328 g/mol. The Labute approximate surface area is 158 Å². The van der Waals surface area contributed by atoms with Gasteiger partial charge in [0.2, 0.25) is 0 Å². The lowest BCUT2D eigenvalue weighted by atomic mass is 9.78. The molecular formula is C22H36O4. The Morgan fingerprint density at radius 3 is 2.62 bits per heavy atom. The highest BCUT2D eigenvalue weighted by molar-refractivity contribution is 5.74. The predicted octanol–water partition coefficient (Wildman–Crippen LogP) is 4.17. The summed E-state index contributed by atoms with van der Waals surface area (Å²) in [6.07, 6.45) is 11.4. The fraction of sp³-hybridized carbons (Fsp3) is 0.773. The summed E-state index contributed by atoms with van der Waals surface area (Å²) >= 11 is 0. The van der Waals surface area contributed by atoms with Crippen molar-refractivity contribution in [2.45, 2.75) is 77.9 Å². The molecule has 1 fully saturated rings. The molecule has 0 radical (unpaired) electrons. The summed E-state index contributed by atoms with van der Waals surface area (Å²) in [6.45, 7) is 6.27. The van der Waals surface area contributed by atoms with E-state index in [1.54, 1.807) is 0 Å². The number of fused-ring (bicyclic) bond motifs is 1. The van der Waals surface area contributed by atoms with Gasteiger partial charge in [0.25, 0.3) is 0 Å². The molecule has 0 aromatic heterocycles. The van der Waals surface area contributed by atoms with Crippen molar-refractivity contribution >= 4 is 5.97 Å². The number of carboxylic acid groups (broad SMARTS) is 1. The molecule has 7 unspecified atom stereocenters. The maximum absolute atomic E-state index is 11.7. The Morgan fingerprint density at radius 2 is 2.00 bits per heavy atom. The number of aliphatic carboxylic acids is 1. The quantitative estimate of drug-likeness (QED) is 0.401. The first-order valence-corrected chi connectivity index (χ1v) is 10.4. The van der Waals surface area contributed by atoms with Gasteiger partial charge in [-0.1, -0.05) is 70.3 Å². The number of carbonyl (C=O) groups is 1. The molecule has 26 heavy (non-hydrogen) atoms. The van der Waals surface area contributed by atoms with E-state index in [1.807, 2.05) is 19.1 Å². The van der Waals surface area contributed by atoms with Gasteiger partial charge < -0.3 is 15.3 Å². The molecule has 0 aromatic carbocycles. The largest absolute Gasteiger partial charge is 0.481 e. The van der Waals surface area contributed by atoms with Gasteiger partial charge in [-0.15, -0.1) is 0 Å². The highest BCUT2D eigenvalue weighted by Crippen LogP contribution is 2.52. The normalized spacial score (nSPS) is 33.3. The van der Waals surface area contributed by atoms with Gasteiger partial charge in [-0.2, -0.15) is 0 Å². The third-order valence-corrected chi connectivity index (χ3v) is 6.34. The van der Waals surface area contributed by atoms with Crippen LogP contribution in [0.2, 0.25) is 0 Å². The Kier molecular flexibility index (Phi) is 7.90. The van der Waals surface area contributed by atoms with Crippen molar-refractivity contribution in [3.63, 3.8) is 0 Å². The maximum Gasteiger partial charge on any atom is 0.310 e. The van der Waals surface area contributed by atoms with Gasteiger partial charge in [-0.05, 0) is 37.0 Å². The zero-order chi connectivity index (χ0) is 19.3. The Bertz CT molecular complexity index is 524. The lowest BCUT2D eigenvalue weighted by Crippen LogP contribution is -2.26. The van der Waals surface area contributed by atoms with Gasteiger partial charge in [-0.3, -0.25) is 4.79 Å². The predicted molar refractivity (Wildman–Crippen MR) is 104 cm³/mol. The molecule has 0 aromatic rings. The number of allylic oxidation sites excluding steroid dienone is 1. The van der Waals surface area contributed by atoms with E-state index in [0.29, 0.717) is 12.8 Å². The van der Waals surface area contributed by atoms with E-state index in [2.05, 4.69) is 19.9 Å². The van der Waals surface area contributed by atoms with E-state index in [0.717, 1.165) is 37.7 Å². The highest BCUT2D eigenvalue weighted by atomic mass is 16.4. The Balaban J connectivity index is 2.06. The minimum absolute atomic E-state index is 0.000599. The lowest BCUT2D eigenvalue weighted by molar-refractivity contribution is -0.140. The molecule has 0 heterocycles. The zero-order valence-electron chi connectivity index (χ0n) is 16.5. The second kappa shape index (κ2) is 9.70. The molecule has 7 atom stereocenters. The summed E-state index contributed by atoms with van der Waals surface area (Å²) in [5.74, 6) is -0.471. The third-order valence-electron chi connectivity index (χ3n) is 6.34. The number of unbranched alkanes of at least 4 members (excludes halogenated alkanes) is 2. The fourth-order valence-corrected chi connectivity index (χ4v) is 5.01. The molecule has 0 aliphatic heterocycles. The van der Waals surface area contributed by atoms with E-state index in [4.69, 9.17) is 0 Å². The van der Waals surface area contributed by atoms with E-state index < -0.39 is 24.1 Å². The molecule has 2 aliphatic carbocycles. The average molecular weight is 365 g/mol. The number of aliphatic hydroxyl groups is 2. The van der Waals surface area contributed by atoms with Crippen molar-refractivity contribution in [3.05, 3.63) is 23.8 Å². The van der Waals surface area contributed by atoms with Crippen LogP contribution in [-0.4, -0.2) is 33.5 Å². The van der Waals surface area contributed by atoms with E-state index >= 15 is 0 Å². The van der Waals surface area contributed by atoms with E-state index in [1.165, 1.54) is 0 Å². The van der Waals surface area contributed by atoms with Gasteiger partial charge in [0.1, 0.15) is 0 Å². The Hall–Kier alpha value is -1.13. The molecule has 148 valence electrons. The van der Waals surface area contributed by atoms with Crippen LogP contribution < -0.4 is 0 Å². The maximum atomic E-state index is 11.7. The molecule has 1 saturated carbocycles. The summed E-state index contributed by atoms with van der Waals surface area (Å²) in [7, 11) is 0. The van der Waals surface area contributed by atoms with Crippen molar-refractivity contribution in [3.8, 4) is 0 Å². The van der Waals surface area contributed by atoms with Gasteiger partial charge >= 0.3 is 5.97 Å². The summed E-state index contributed by atoms with van der Waals surface area (Å²) in [5.41, 5.74) is 1.04. The SMILES string of the molecule is CCCCCC(O)C=CC1C(O)CC2C=C(C(CCC)C(=O)O)C(C)C21. The van der Waals surface area contributed by atoms with Crippen LogP contribution in [0.15, 0.2) is 23.8 Å². The van der Waals surface area contributed by atoms with E-state index in [9.17, 15) is 20.1 Å². The number of rotatable bonds is 10. The molecule has 0 spiro atoms. The number of carboxylic acids is 1. The van der Waals surface area contributed by atoms with Crippen LogP contribution in [-0.2, 0) is 4.79 Å². The molecule has 0 amide bonds. The molecule has 2 rings (SSSR count). The average Bonchev–Trinajstić information content (AvgIpc) is 3.06. The molecule has 4 nitrogen and oxygen atoms in total. The molecule has 4 heteroatoms. The molecule has 3 N–H and O–H groups in total. The number of aliphatic hydroxyl groups excluding tert-OH is 2. The van der Waals surface area contributed by atoms with Crippen molar-refractivity contribution in [2.24, 2.45) is 29.6 Å². The third kappa shape index (κ3) is 4.77. The van der Waals surface area contributed by atoms with Crippen molar-refractivity contribution in [1.29, 1.82) is 0 Å². The molecule has 0 bridgehead atoms. The van der Waals surface area contributed by atoms with Crippen LogP contribution >= 0.6 is 0 Å².